The standard InChI is InChI=1S/C50H91O9P/c1-3-5-7-9-11-13-15-17-19-20-21-22-23-24-25-26-27-29-31-33-35-37-39-41-43-56-46-49(47-58-60(54,55)57-45-48(52)44-51)59-50(53)42-40-38-36-34-32-30-28-18-16-14-12-10-8-6-4-2/h5,7,11,13,17,19,21-22,24-25,48-49,51-52H,3-4,6,8-10,12,14-16,18,20,23,26-47H2,1-2H3,(H,54,55)/b7-5-,13-11-,19-17-,22-21-,25-24-. The van der Waals surface area contributed by atoms with E-state index in [1.54, 1.807) is 0 Å². The van der Waals surface area contributed by atoms with Gasteiger partial charge in [-0.05, 0) is 57.8 Å². The number of hydrogen-bond acceptors (Lipinski definition) is 8. The molecule has 9 nitrogen and oxygen atoms in total. The molecule has 10 heteroatoms. The minimum atomic E-state index is -4.52. The Balaban J connectivity index is 4.10. The van der Waals surface area contributed by atoms with Crippen molar-refractivity contribution >= 4 is 13.8 Å². The minimum Gasteiger partial charge on any atom is -0.457 e. The quantitative estimate of drug-likeness (QED) is 0.0237. The Morgan fingerprint density at radius 1 is 0.533 bits per heavy atom. The predicted molar refractivity (Wildman–Crippen MR) is 251 cm³/mol. The van der Waals surface area contributed by atoms with Gasteiger partial charge in [0, 0.05) is 13.0 Å². The van der Waals surface area contributed by atoms with Gasteiger partial charge >= 0.3 is 13.8 Å². The zero-order valence-electron chi connectivity index (χ0n) is 38.4. The summed E-state index contributed by atoms with van der Waals surface area (Å²) in [6.45, 7) is 3.40. The minimum absolute atomic E-state index is 0.0434. The molecule has 0 aliphatic heterocycles. The molecule has 0 saturated heterocycles. The summed E-state index contributed by atoms with van der Waals surface area (Å²) in [4.78, 5) is 22.6. The van der Waals surface area contributed by atoms with Gasteiger partial charge in [0.05, 0.1) is 26.4 Å². The molecular weight excluding hydrogens is 776 g/mol. The van der Waals surface area contributed by atoms with Crippen molar-refractivity contribution in [2.75, 3.05) is 33.0 Å². The van der Waals surface area contributed by atoms with Gasteiger partial charge in [0.15, 0.2) is 0 Å². The second-order valence-corrected chi connectivity index (χ2v) is 17.6. The fraction of sp³-hybridized carbons (Fsp3) is 0.780. The van der Waals surface area contributed by atoms with Crippen LogP contribution in [0.25, 0.3) is 0 Å². The number of esters is 1. The average molecular weight is 867 g/mol. The van der Waals surface area contributed by atoms with Crippen molar-refractivity contribution in [3.05, 3.63) is 60.8 Å². The summed E-state index contributed by atoms with van der Waals surface area (Å²) in [6.07, 6.45) is 54.7. The zero-order valence-corrected chi connectivity index (χ0v) is 39.3. The highest BCUT2D eigenvalue weighted by molar-refractivity contribution is 7.47. The van der Waals surface area contributed by atoms with E-state index in [0.29, 0.717) is 6.61 Å². The van der Waals surface area contributed by atoms with Crippen LogP contribution in [0.15, 0.2) is 60.8 Å². The van der Waals surface area contributed by atoms with E-state index in [-0.39, 0.29) is 25.6 Å². The molecule has 0 saturated carbocycles. The first kappa shape index (κ1) is 58.2. The molecule has 0 aromatic heterocycles. The Labute approximate surface area is 368 Å². The highest BCUT2D eigenvalue weighted by Crippen LogP contribution is 2.43. The summed E-state index contributed by atoms with van der Waals surface area (Å²) >= 11 is 0. The molecule has 0 bridgehead atoms. The van der Waals surface area contributed by atoms with Gasteiger partial charge in [0.25, 0.3) is 0 Å². The van der Waals surface area contributed by atoms with Crippen LogP contribution < -0.4 is 0 Å². The number of aliphatic hydroxyl groups is 2. The first-order chi connectivity index (χ1) is 29.3. The number of carbonyl (C=O) groups is 1. The Hall–Kier alpha value is -1.84. The second kappa shape index (κ2) is 46.7. The third-order valence-electron chi connectivity index (χ3n) is 10.2. The van der Waals surface area contributed by atoms with E-state index < -0.39 is 33.2 Å². The molecule has 0 heterocycles. The van der Waals surface area contributed by atoms with Gasteiger partial charge in [-0.3, -0.25) is 13.8 Å². The number of ether oxygens (including phenoxy) is 2. The molecular formula is C50H91O9P. The number of phosphoric ester groups is 1. The molecule has 60 heavy (non-hydrogen) atoms. The molecule has 350 valence electrons. The van der Waals surface area contributed by atoms with Crippen molar-refractivity contribution in [1.29, 1.82) is 0 Å². The normalized spacial score (nSPS) is 14.4. The average Bonchev–Trinajstić information content (AvgIpc) is 3.24. The number of rotatable bonds is 46. The van der Waals surface area contributed by atoms with Crippen LogP contribution in [0.3, 0.4) is 0 Å². The number of hydrogen-bond donors (Lipinski definition) is 3. The van der Waals surface area contributed by atoms with Crippen LogP contribution in [0.5, 0.6) is 0 Å². The third-order valence-corrected chi connectivity index (χ3v) is 11.2. The zero-order chi connectivity index (χ0) is 43.9. The van der Waals surface area contributed by atoms with Crippen LogP contribution in [-0.4, -0.2) is 66.3 Å². The van der Waals surface area contributed by atoms with E-state index in [4.69, 9.17) is 23.6 Å². The summed E-state index contributed by atoms with van der Waals surface area (Å²) in [5, 5.41) is 18.4. The molecule has 3 atom stereocenters. The highest BCUT2D eigenvalue weighted by Gasteiger charge is 2.26. The highest BCUT2D eigenvalue weighted by atomic mass is 31.2. The fourth-order valence-electron chi connectivity index (χ4n) is 6.56. The van der Waals surface area contributed by atoms with Crippen LogP contribution in [0.4, 0.5) is 0 Å². The van der Waals surface area contributed by atoms with E-state index in [1.165, 1.54) is 109 Å². The molecule has 0 amide bonds. The van der Waals surface area contributed by atoms with E-state index in [9.17, 15) is 19.4 Å². The maximum absolute atomic E-state index is 12.6. The first-order valence-electron chi connectivity index (χ1n) is 24.3. The number of unbranched alkanes of at least 4 members (excludes halogenated alkanes) is 22. The van der Waals surface area contributed by atoms with Crippen LogP contribution in [0, 0.1) is 0 Å². The molecule has 0 aromatic carbocycles. The van der Waals surface area contributed by atoms with Crippen molar-refractivity contribution < 1.29 is 43.0 Å². The lowest BCUT2D eigenvalue weighted by molar-refractivity contribution is -0.154. The van der Waals surface area contributed by atoms with E-state index >= 15 is 0 Å². The summed E-state index contributed by atoms with van der Waals surface area (Å²) in [5.74, 6) is -0.385. The molecule has 0 rings (SSSR count). The second-order valence-electron chi connectivity index (χ2n) is 16.1. The van der Waals surface area contributed by atoms with Gasteiger partial charge in [0.1, 0.15) is 12.2 Å². The Bertz CT molecular complexity index is 1120. The van der Waals surface area contributed by atoms with Crippen LogP contribution >= 0.6 is 7.82 Å². The number of carbonyl (C=O) groups excluding carboxylic acids is 1. The van der Waals surface area contributed by atoms with E-state index in [0.717, 1.165) is 77.0 Å². The lowest BCUT2D eigenvalue weighted by Crippen LogP contribution is -2.29. The molecule has 0 aliphatic rings. The smallest absolute Gasteiger partial charge is 0.457 e. The molecule has 0 aromatic rings. The van der Waals surface area contributed by atoms with E-state index in [1.807, 2.05) is 0 Å². The fourth-order valence-corrected chi connectivity index (χ4v) is 7.35. The monoisotopic (exact) mass is 867 g/mol. The Morgan fingerprint density at radius 2 is 0.950 bits per heavy atom. The molecule has 0 fully saturated rings. The lowest BCUT2D eigenvalue weighted by Gasteiger charge is -2.20. The van der Waals surface area contributed by atoms with Gasteiger partial charge in [-0.2, -0.15) is 0 Å². The number of phosphoric acid groups is 1. The summed E-state index contributed by atoms with van der Waals surface area (Å²) < 4.78 is 33.5. The van der Waals surface area contributed by atoms with Crippen molar-refractivity contribution in [2.24, 2.45) is 0 Å². The summed E-state index contributed by atoms with van der Waals surface area (Å²) in [5.41, 5.74) is 0. The molecule has 0 aliphatic carbocycles. The molecule has 0 radical (unpaired) electrons. The maximum atomic E-state index is 12.6. The van der Waals surface area contributed by atoms with Gasteiger partial charge in [-0.25, -0.2) is 4.57 Å². The molecule has 0 spiro atoms. The van der Waals surface area contributed by atoms with Gasteiger partial charge in [-0.1, -0.05) is 203 Å². The number of allylic oxidation sites excluding steroid dienone is 10. The lowest BCUT2D eigenvalue weighted by atomic mass is 10.0. The van der Waals surface area contributed by atoms with Gasteiger partial charge in [-0.15, -0.1) is 0 Å². The van der Waals surface area contributed by atoms with Crippen molar-refractivity contribution in [3.8, 4) is 0 Å². The van der Waals surface area contributed by atoms with Crippen LogP contribution in [0.2, 0.25) is 0 Å². The van der Waals surface area contributed by atoms with Crippen LogP contribution in [0.1, 0.15) is 206 Å². The summed E-state index contributed by atoms with van der Waals surface area (Å²) in [6, 6.07) is 0. The SMILES string of the molecule is CC/C=C\C/C=C\C/C=C\C/C=C\C/C=C\CCCCCCCCCCOCC(COP(=O)(O)OCC(O)CO)OC(=O)CCCCCCCCCCCCCCCCC. The number of aliphatic hydroxyl groups excluding tert-OH is 2. The third kappa shape index (κ3) is 45.7. The Kier molecular flexibility index (Phi) is 45.2. The van der Waals surface area contributed by atoms with Gasteiger partial charge in [0.2, 0.25) is 0 Å². The topological polar surface area (TPSA) is 132 Å². The Morgan fingerprint density at radius 3 is 1.43 bits per heavy atom. The predicted octanol–water partition coefficient (Wildman–Crippen LogP) is 13.9. The van der Waals surface area contributed by atoms with Crippen molar-refractivity contribution in [1.82, 2.24) is 0 Å². The molecule has 3 N–H and O–H groups in total. The first-order valence-corrected chi connectivity index (χ1v) is 25.8. The van der Waals surface area contributed by atoms with Crippen molar-refractivity contribution in [3.63, 3.8) is 0 Å². The van der Waals surface area contributed by atoms with Crippen LogP contribution in [-0.2, 0) is 27.9 Å². The van der Waals surface area contributed by atoms with E-state index in [2.05, 4.69) is 74.6 Å². The van der Waals surface area contributed by atoms with Crippen molar-refractivity contribution in [2.45, 2.75) is 219 Å². The largest absolute Gasteiger partial charge is 0.472 e. The molecule has 3 unspecified atom stereocenters. The van der Waals surface area contributed by atoms with Gasteiger partial charge < -0.3 is 24.6 Å². The summed E-state index contributed by atoms with van der Waals surface area (Å²) in [7, 11) is -4.52. The maximum Gasteiger partial charge on any atom is 0.472 e.